The average molecular weight is 861 g/mol. The molecule has 2 unspecified atom stereocenters. The van der Waals surface area contributed by atoms with Crippen molar-refractivity contribution in [2.75, 3.05) is 169 Å². The Bertz CT molecular complexity index is 1070. The van der Waals surface area contributed by atoms with Crippen molar-refractivity contribution < 1.29 is 87.4 Å². The molecule has 0 fully saturated rings. The molecule has 0 aromatic carbocycles. The molecule has 0 rings (SSSR count). The van der Waals surface area contributed by atoms with Gasteiger partial charge in [-0.25, -0.2) is 25.3 Å². The maximum absolute atomic E-state index is 10.8. The highest BCUT2D eigenvalue weighted by molar-refractivity contribution is 7.86. The summed E-state index contributed by atoms with van der Waals surface area (Å²) in [4.78, 5) is 1.51. The standard InChI is InChI=1S/C9H20O6S.C6H15NO5S.3C4H12N.C3H8O5S.CH4/c1-2-5-14-6-3-9(16(11,12)13)8-15-7-4-10;8-4-1-7(2-5-9)3-6-13(10,11)12;3*1-5(2,3)4;4-1-3(5)2-9(6,7)8;/h9-10H,2-8H2,1H3,(H,11,12,13);8-9H,1-6H2,(H,10,11,12);3*1-4H3;3-5H,1-2H2,(H,6,7,8);1H4/q;;3*+1;;/p-3. The molecule has 0 heterocycles. The quantitative estimate of drug-likeness (QED) is 0.0464. The van der Waals surface area contributed by atoms with Crippen LogP contribution in [0.4, 0.5) is 0 Å². The van der Waals surface area contributed by atoms with E-state index in [1.54, 1.807) is 0 Å². The monoisotopic (exact) mass is 860 g/mol. The first-order valence-corrected chi connectivity index (χ1v) is 21.3. The number of hydrogen-bond donors (Lipinski definition) is 5. The normalized spacial score (nSPS) is 13.0. The van der Waals surface area contributed by atoms with E-state index in [1.165, 1.54) is 4.90 Å². The third-order valence-corrected chi connectivity index (χ3v) is 6.64. The van der Waals surface area contributed by atoms with Crippen LogP contribution in [0.1, 0.15) is 27.2 Å². The Morgan fingerprint density at radius 1 is 0.611 bits per heavy atom. The van der Waals surface area contributed by atoms with Crippen LogP contribution in [-0.4, -0.2) is 263 Å². The third-order valence-electron chi connectivity index (χ3n) is 3.98. The highest BCUT2D eigenvalue weighted by Gasteiger charge is 2.16. The molecule has 338 valence electrons. The molecule has 0 aliphatic rings. The van der Waals surface area contributed by atoms with E-state index in [-0.39, 0.29) is 73.1 Å². The molecule has 5 N–H and O–H groups in total. The van der Waals surface area contributed by atoms with Crippen LogP contribution in [0.3, 0.4) is 0 Å². The van der Waals surface area contributed by atoms with Crippen LogP contribution in [0.2, 0.25) is 0 Å². The number of aliphatic hydroxyl groups excluding tert-OH is 5. The van der Waals surface area contributed by atoms with Gasteiger partial charge in [-0.05, 0) is 12.8 Å². The highest BCUT2D eigenvalue weighted by atomic mass is 32.2. The van der Waals surface area contributed by atoms with Crippen molar-refractivity contribution >= 4 is 30.4 Å². The summed E-state index contributed by atoms with van der Waals surface area (Å²) >= 11 is 0. The second kappa shape index (κ2) is 36.6. The highest BCUT2D eigenvalue weighted by Crippen LogP contribution is 2.05. The number of rotatable bonds is 20. The number of quaternary nitrogens is 3. The molecule has 0 radical (unpaired) electrons. The van der Waals surface area contributed by atoms with Crippen LogP contribution in [0, 0.1) is 0 Å². The van der Waals surface area contributed by atoms with Crippen molar-refractivity contribution in [1.29, 1.82) is 0 Å². The Labute approximate surface area is 328 Å². The summed E-state index contributed by atoms with van der Waals surface area (Å²) in [5.41, 5.74) is 0. The smallest absolute Gasteiger partial charge is 0.0999 e. The van der Waals surface area contributed by atoms with Crippen molar-refractivity contribution in [2.24, 2.45) is 0 Å². The van der Waals surface area contributed by atoms with Crippen molar-refractivity contribution in [3.8, 4) is 0 Å². The average Bonchev–Trinajstić information content (AvgIpc) is 2.89. The van der Waals surface area contributed by atoms with Gasteiger partial charge in [0.1, 0.15) is 0 Å². The fourth-order valence-corrected chi connectivity index (χ4v) is 3.91. The van der Waals surface area contributed by atoms with E-state index in [1.807, 2.05) is 6.92 Å². The van der Waals surface area contributed by atoms with Gasteiger partial charge in [-0.2, -0.15) is 0 Å². The molecule has 0 aliphatic heterocycles. The van der Waals surface area contributed by atoms with Crippen LogP contribution in [-0.2, 0) is 39.8 Å². The topological polar surface area (TPSA) is 294 Å². The van der Waals surface area contributed by atoms with E-state index in [4.69, 9.17) is 35.0 Å². The first kappa shape index (κ1) is 68.0. The molecule has 0 spiro atoms. The zero-order valence-corrected chi connectivity index (χ0v) is 37.0. The lowest BCUT2D eigenvalue weighted by molar-refractivity contribution is -0.849. The lowest BCUT2D eigenvalue weighted by atomic mass is 10.3. The molecule has 54 heavy (non-hydrogen) atoms. The molecule has 0 aliphatic carbocycles. The fourth-order valence-electron chi connectivity index (χ4n) is 2.20. The maximum Gasteiger partial charge on any atom is 0.0999 e. The molecule has 20 nitrogen and oxygen atoms in total. The molecule has 23 heteroatoms. The van der Waals surface area contributed by atoms with Crippen LogP contribution in [0.5, 0.6) is 0 Å². The van der Waals surface area contributed by atoms with Crippen LogP contribution in [0.25, 0.3) is 0 Å². The minimum absolute atomic E-state index is 0. The van der Waals surface area contributed by atoms with Crippen molar-refractivity contribution in [2.45, 2.75) is 38.5 Å². The van der Waals surface area contributed by atoms with Gasteiger partial charge in [0.25, 0.3) is 0 Å². The van der Waals surface area contributed by atoms with Gasteiger partial charge in [-0.1, -0.05) is 14.4 Å². The van der Waals surface area contributed by atoms with E-state index < -0.39 is 59.8 Å². The minimum atomic E-state index is -4.40. The van der Waals surface area contributed by atoms with Gasteiger partial charge >= 0.3 is 0 Å². The van der Waals surface area contributed by atoms with Crippen molar-refractivity contribution in [3.05, 3.63) is 0 Å². The van der Waals surface area contributed by atoms with Gasteiger partial charge in [-0.3, -0.25) is 4.90 Å². The lowest BCUT2D eigenvalue weighted by Crippen LogP contribution is -2.34. The summed E-state index contributed by atoms with van der Waals surface area (Å²) in [5.74, 6) is -1.42. The number of nitrogens with zero attached hydrogens (tertiary/aromatic N) is 4. The first-order chi connectivity index (χ1) is 23.5. The van der Waals surface area contributed by atoms with Crippen LogP contribution >= 0.6 is 0 Å². The van der Waals surface area contributed by atoms with E-state index in [0.717, 1.165) is 19.9 Å². The largest absolute Gasteiger partial charge is 0.748 e. The molecule has 2 atom stereocenters. The number of ether oxygens (including phenoxy) is 2. The van der Waals surface area contributed by atoms with E-state index in [0.29, 0.717) is 6.61 Å². The van der Waals surface area contributed by atoms with Gasteiger partial charge in [0.05, 0.1) is 177 Å². The molecule has 0 bridgehead atoms. The Morgan fingerprint density at radius 3 is 1.24 bits per heavy atom. The summed E-state index contributed by atoms with van der Waals surface area (Å²) in [7, 11) is 12.5. The van der Waals surface area contributed by atoms with Crippen molar-refractivity contribution in [3.63, 3.8) is 0 Å². The number of hydrogen-bond acceptors (Lipinski definition) is 17. The van der Waals surface area contributed by atoms with Gasteiger partial charge in [0.15, 0.2) is 0 Å². The van der Waals surface area contributed by atoms with Gasteiger partial charge in [-0.15, -0.1) is 0 Å². The van der Waals surface area contributed by atoms with E-state index in [9.17, 15) is 38.9 Å². The maximum atomic E-state index is 10.8. The summed E-state index contributed by atoms with van der Waals surface area (Å²) in [6.45, 7) is 1.96. The summed E-state index contributed by atoms with van der Waals surface area (Å²) < 4.78 is 105. The minimum Gasteiger partial charge on any atom is -0.748 e. The molecule has 0 saturated heterocycles. The summed E-state index contributed by atoms with van der Waals surface area (Å²) in [5, 5.41) is 40.8. The molecule has 0 amide bonds. The number of aliphatic hydroxyl groups is 5. The molecule has 0 aromatic heterocycles. The summed E-state index contributed by atoms with van der Waals surface area (Å²) in [6.07, 6.45) is -0.486. The van der Waals surface area contributed by atoms with Gasteiger partial charge < -0.3 is 62.1 Å². The Hall–Kier alpha value is -0.710. The fraction of sp³-hybridized carbons (Fsp3) is 1.00. The van der Waals surface area contributed by atoms with Gasteiger partial charge in [0.2, 0.25) is 0 Å². The molecule has 0 saturated carbocycles. The van der Waals surface area contributed by atoms with E-state index >= 15 is 0 Å². The second-order valence-corrected chi connectivity index (χ2v) is 20.1. The molecular formula is C31H80N4O16S3. The molecular weight excluding hydrogens is 781 g/mol. The zero-order valence-electron chi connectivity index (χ0n) is 34.5. The Morgan fingerprint density at radius 2 is 1.00 bits per heavy atom. The summed E-state index contributed by atoms with van der Waals surface area (Å²) in [6, 6.07) is 0. The predicted octanol–water partition coefficient (Wildman–Crippen LogP) is -2.97. The lowest BCUT2D eigenvalue weighted by Gasteiger charge is -2.20. The molecule has 0 aromatic rings. The third kappa shape index (κ3) is 104. The SMILES string of the molecule is C.CCCOCCC(COCCO)S(=O)(=O)[O-].C[N+](C)(C)C.C[N+](C)(C)C.C[N+](C)(C)C.O=S(=O)([O-])CC(O)CO.O=S(=O)([O-])CCN(CCO)CCO. The predicted molar refractivity (Wildman–Crippen MR) is 209 cm³/mol. The first-order valence-electron chi connectivity index (χ1n) is 16.6. The van der Waals surface area contributed by atoms with Crippen molar-refractivity contribution in [1.82, 2.24) is 4.90 Å². The Balaban J connectivity index is -0.000000104. The van der Waals surface area contributed by atoms with Crippen LogP contribution < -0.4 is 0 Å². The van der Waals surface area contributed by atoms with Gasteiger partial charge in [0, 0.05) is 32.8 Å². The van der Waals surface area contributed by atoms with E-state index in [2.05, 4.69) is 84.6 Å². The zero-order chi connectivity index (χ0) is 43.8. The van der Waals surface area contributed by atoms with Crippen LogP contribution in [0.15, 0.2) is 0 Å². The Kier molecular flexibility index (Phi) is 46.1. The second-order valence-electron chi connectivity index (χ2n) is 15.5.